The zero-order valence-corrected chi connectivity index (χ0v) is 16.7. The SMILES string of the molecule is ClC(=C1C=CC(=[N+]2CCOCC2)S1)c1ccc(Br)cc1.[O-][Cl+3]([O-])([O-])[O-]. The maximum Gasteiger partial charge on any atom is 0.239 e. The molecule has 0 N–H and O–H groups in total. The molecule has 10 heteroatoms. The second kappa shape index (κ2) is 9.50. The smallest absolute Gasteiger partial charge is 0.239 e. The molecule has 1 fully saturated rings. The highest BCUT2D eigenvalue weighted by Crippen LogP contribution is 2.36. The van der Waals surface area contributed by atoms with E-state index in [0.717, 1.165) is 46.3 Å². The Hall–Kier alpha value is -0.420. The topological polar surface area (TPSA) is 104 Å². The van der Waals surface area contributed by atoms with Crippen LogP contribution < -0.4 is 18.6 Å². The van der Waals surface area contributed by atoms with Crippen molar-refractivity contribution in [3.63, 3.8) is 0 Å². The molecule has 0 amide bonds. The fraction of sp³-hybridized carbons (Fsp3) is 0.267. The van der Waals surface area contributed by atoms with E-state index in [2.05, 4.69) is 32.7 Å². The summed E-state index contributed by atoms with van der Waals surface area (Å²) in [5.74, 6) is 0. The molecule has 2 heterocycles. The van der Waals surface area contributed by atoms with Crippen LogP contribution in [0.4, 0.5) is 0 Å². The Morgan fingerprint density at radius 2 is 1.64 bits per heavy atom. The monoisotopic (exact) mass is 469 g/mol. The quantitative estimate of drug-likeness (QED) is 0.505. The van der Waals surface area contributed by atoms with Crippen molar-refractivity contribution < 1.29 is 38.2 Å². The van der Waals surface area contributed by atoms with E-state index in [1.807, 2.05) is 24.3 Å². The van der Waals surface area contributed by atoms with Crippen molar-refractivity contribution >= 4 is 49.4 Å². The lowest BCUT2D eigenvalue weighted by Crippen LogP contribution is -2.68. The lowest BCUT2D eigenvalue weighted by atomic mass is 10.2. The number of rotatable bonds is 1. The molecule has 136 valence electrons. The minimum absolute atomic E-state index is 0.803. The summed E-state index contributed by atoms with van der Waals surface area (Å²) < 4.78 is 42.8. The number of nitrogens with zero attached hydrogens (tertiary/aromatic N) is 1. The number of morpholine rings is 1. The van der Waals surface area contributed by atoms with Crippen LogP contribution in [0.15, 0.2) is 45.8 Å². The second-order valence-electron chi connectivity index (χ2n) is 4.94. The van der Waals surface area contributed by atoms with E-state index in [1.54, 1.807) is 11.8 Å². The number of ether oxygens (including phenoxy) is 1. The molecule has 0 bridgehead atoms. The maximum atomic E-state index is 8.49. The first-order chi connectivity index (χ1) is 11.7. The maximum absolute atomic E-state index is 8.49. The third-order valence-corrected chi connectivity index (χ3v) is 5.45. The second-order valence-corrected chi connectivity index (χ2v) is 8.05. The Morgan fingerprint density at radius 1 is 1.08 bits per heavy atom. The van der Waals surface area contributed by atoms with E-state index < -0.39 is 10.2 Å². The largest absolute Gasteiger partial charge is 0.368 e. The molecule has 1 aromatic carbocycles. The number of hydrogen-bond donors (Lipinski definition) is 0. The molecule has 3 rings (SSSR count). The van der Waals surface area contributed by atoms with Crippen LogP contribution in [0.5, 0.6) is 0 Å². The normalized spacial score (nSPS) is 19.6. The third-order valence-electron chi connectivity index (χ3n) is 3.23. The molecule has 0 spiro atoms. The van der Waals surface area contributed by atoms with Crippen LogP contribution in [0.1, 0.15) is 5.56 Å². The van der Waals surface area contributed by atoms with Crippen molar-refractivity contribution in [2.45, 2.75) is 0 Å². The summed E-state index contributed by atoms with van der Waals surface area (Å²) in [6, 6.07) is 8.07. The zero-order chi connectivity index (χ0) is 18.4. The molecule has 25 heavy (non-hydrogen) atoms. The van der Waals surface area contributed by atoms with Gasteiger partial charge in [-0.25, -0.2) is 23.2 Å². The van der Waals surface area contributed by atoms with Crippen LogP contribution in [-0.4, -0.2) is 35.9 Å². The van der Waals surface area contributed by atoms with E-state index in [9.17, 15) is 0 Å². The number of allylic oxidation sites excluding steroid dienone is 1. The molecule has 0 aromatic heterocycles. The van der Waals surface area contributed by atoms with Gasteiger partial charge in [0, 0.05) is 15.5 Å². The number of hydrogen-bond acceptors (Lipinski definition) is 6. The van der Waals surface area contributed by atoms with Crippen LogP contribution in [-0.2, 0) is 4.74 Å². The highest BCUT2D eigenvalue weighted by molar-refractivity contribution is 9.10. The average molecular weight is 471 g/mol. The molecule has 1 aromatic rings. The van der Waals surface area contributed by atoms with E-state index in [1.165, 1.54) is 5.04 Å². The zero-order valence-electron chi connectivity index (χ0n) is 12.8. The first-order valence-electron chi connectivity index (χ1n) is 7.07. The van der Waals surface area contributed by atoms with Gasteiger partial charge in [-0.2, -0.15) is 0 Å². The van der Waals surface area contributed by atoms with E-state index in [-0.39, 0.29) is 0 Å². The molecule has 0 unspecified atom stereocenters. The average Bonchev–Trinajstić information content (AvgIpc) is 3.04. The number of halogens is 3. The van der Waals surface area contributed by atoms with Gasteiger partial charge in [0.05, 0.1) is 5.03 Å². The van der Waals surface area contributed by atoms with Crippen molar-refractivity contribution in [2.24, 2.45) is 0 Å². The third kappa shape index (κ3) is 7.38. The predicted octanol–water partition coefficient (Wildman–Crippen LogP) is -0.655. The summed E-state index contributed by atoms with van der Waals surface area (Å²) in [4.78, 5) is 1.11. The molecular formula is C15H14BrCl2NO5S. The van der Waals surface area contributed by atoms with Crippen LogP contribution >= 0.6 is 39.3 Å². The number of thioether (sulfide) groups is 1. The molecule has 1 saturated heterocycles. The van der Waals surface area contributed by atoms with Gasteiger partial charge in [-0.1, -0.05) is 39.7 Å². The van der Waals surface area contributed by atoms with Crippen LogP contribution in [0, 0.1) is 10.2 Å². The lowest BCUT2D eigenvalue weighted by molar-refractivity contribution is -2.00. The lowest BCUT2D eigenvalue weighted by Gasteiger charge is -2.17. The van der Waals surface area contributed by atoms with E-state index in [4.69, 9.17) is 35.0 Å². The number of benzene rings is 1. The standard InChI is InChI=1S/C15H14BrClNOS.ClHO4/c16-12-3-1-11(2-4-12)15(17)13-5-6-14(20-13)18-7-9-19-10-8-18;2-1(3,4)5/h1-6H,7-10H2;(H,2,3,4,5)/q+1;/p-1. The fourth-order valence-corrected chi connectivity index (χ4v) is 3.72. The van der Waals surface area contributed by atoms with Crippen molar-refractivity contribution in [1.82, 2.24) is 0 Å². The molecule has 2 aliphatic rings. The predicted molar refractivity (Wildman–Crippen MR) is 89.5 cm³/mol. The fourth-order valence-electron chi connectivity index (χ4n) is 2.14. The minimum Gasteiger partial charge on any atom is -0.368 e. The van der Waals surface area contributed by atoms with Crippen LogP contribution in [0.2, 0.25) is 0 Å². The summed E-state index contributed by atoms with van der Waals surface area (Å²) in [7, 11) is -4.94. The molecule has 6 nitrogen and oxygen atoms in total. The molecule has 2 aliphatic heterocycles. The van der Waals surface area contributed by atoms with Crippen LogP contribution in [0.3, 0.4) is 0 Å². The van der Waals surface area contributed by atoms with Crippen molar-refractivity contribution in [1.29, 1.82) is 0 Å². The Bertz CT molecular complexity index is 687. The first-order valence-corrected chi connectivity index (χ1v) is 10.3. The summed E-state index contributed by atoms with van der Waals surface area (Å²) in [6.07, 6.45) is 4.24. The highest BCUT2D eigenvalue weighted by atomic mass is 79.9. The van der Waals surface area contributed by atoms with Gasteiger partial charge in [0.25, 0.3) is 0 Å². The highest BCUT2D eigenvalue weighted by Gasteiger charge is 2.23. The molecule has 0 aliphatic carbocycles. The van der Waals surface area contributed by atoms with Crippen molar-refractivity contribution in [3.05, 3.63) is 51.4 Å². The Morgan fingerprint density at radius 3 is 2.20 bits per heavy atom. The van der Waals surface area contributed by atoms with Crippen molar-refractivity contribution in [2.75, 3.05) is 26.3 Å². The van der Waals surface area contributed by atoms with Crippen molar-refractivity contribution in [3.8, 4) is 0 Å². The van der Waals surface area contributed by atoms with Gasteiger partial charge in [-0.05, 0) is 35.5 Å². The van der Waals surface area contributed by atoms with Gasteiger partial charge in [-0.3, -0.25) is 0 Å². The Kier molecular flexibility index (Phi) is 7.93. The molecular weight excluding hydrogens is 457 g/mol. The van der Waals surface area contributed by atoms with E-state index in [0.29, 0.717) is 0 Å². The summed E-state index contributed by atoms with van der Waals surface area (Å²) in [5.41, 5.74) is 1.05. The summed E-state index contributed by atoms with van der Waals surface area (Å²) in [6.45, 7) is 3.51. The van der Waals surface area contributed by atoms with Gasteiger partial charge < -0.3 is 4.74 Å². The van der Waals surface area contributed by atoms with Gasteiger partial charge in [0.15, 0.2) is 13.1 Å². The molecule has 0 atom stereocenters. The minimum atomic E-state index is -4.94. The molecule has 0 saturated carbocycles. The van der Waals surface area contributed by atoms with Gasteiger partial charge >= 0.3 is 0 Å². The van der Waals surface area contributed by atoms with Gasteiger partial charge in [0.2, 0.25) is 5.04 Å². The van der Waals surface area contributed by atoms with Gasteiger partial charge in [0.1, 0.15) is 13.2 Å². The summed E-state index contributed by atoms with van der Waals surface area (Å²) >= 11 is 11.7. The molecule has 0 radical (unpaired) electrons. The van der Waals surface area contributed by atoms with Gasteiger partial charge in [-0.15, -0.1) is 10.2 Å². The van der Waals surface area contributed by atoms with Crippen LogP contribution in [0.25, 0.3) is 5.03 Å². The first kappa shape index (κ1) is 20.9. The Balaban J connectivity index is 0.000000399. The van der Waals surface area contributed by atoms with E-state index >= 15 is 0 Å². The summed E-state index contributed by atoms with van der Waals surface area (Å²) in [5, 5.41) is 2.07. The Labute approximate surface area is 164 Å².